The average molecular weight is 136 g/mol. The van der Waals surface area contributed by atoms with Gasteiger partial charge >= 0.3 is 0 Å². The molecule has 51 valence electrons. The van der Waals surface area contributed by atoms with E-state index in [-0.39, 0.29) is 14.2 Å². The Hall–Kier alpha value is -0.825. The first-order valence-corrected chi connectivity index (χ1v) is 2.77. The second-order valence-electron chi connectivity index (χ2n) is 1.83. The monoisotopic (exact) mass is 136 g/mol. The number of nitrogens with two attached hydrogens (primary N) is 1. The highest BCUT2D eigenvalue weighted by atomic mass is 19.1. The van der Waals surface area contributed by atoms with Gasteiger partial charge in [-0.15, -0.1) is 0 Å². The average Bonchev–Trinajstić information content (AvgIpc) is 1.90. The van der Waals surface area contributed by atoms with Crippen LogP contribution in [0.25, 0.3) is 0 Å². The van der Waals surface area contributed by atoms with Gasteiger partial charge in [-0.2, -0.15) is 0 Å². The van der Waals surface area contributed by atoms with Crippen molar-refractivity contribution >= 4 is 8.41 Å². The third-order valence-electron chi connectivity index (χ3n) is 1.15. The molecule has 1 aromatic carbocycles. The molecule has 10 heavy (non-hydrogen) atoms. The second kappa shape index (κ2) is 4.06. The van der Waals surface area contributed by atoms with Gasteiger partial charge in [0.25, 0.3) is 0 Å². The maximum Gasteiger partial charge on any atom is 0.123 e. The molecular formula is C7H8BFN. The van der Waals surface area contributed by atoms with Crippen LogP contribution in [0.4, 0.5) is 4.39 Å². The van der Waals surface area contributed by atoms with Gasteiger partial charge in [0.1, 0.15) is 5.82 Å². The minimum absolute atomic E-state index is 0. The zero-order valence-electron chi connectivity index (χ0n) is 5.55. The third-order valence-corrected chi connectivity index (χ3v) is 1.15. The third kappa shape index (κ3) is 2.19. The molecule has 0 aliphatic rings. The van der Waals surface area contributed by atoms with E-state index in [1.807, 2.05) is 0 Å². The Kier molecular flexibility index (Phi) is 3.73. The van der Waals surface area contributed by atoms with E-state index < -0.39 is 0 Å². The van der Waals surface area contributed by atoms with E-state index in [2.05, 4.69) is 0 Å². The molecule has 1 aromatic rings. The highest BCUT2D eigenvalue weighted by molar-refractivity contribution is 5.75. The van der Waals surface area contributed by atoms with Crippen molar-refractivity contribution in [2.75, 3.05) is 0 Å². The van der Waals surface area contributed by atoms with Gasteiger partial charge in [0.05, 0.1) is 0 Å². The van der Waals surface area contributed by atoms with Gasteiger partial charge in [0.2, 0.25) is 0 Å². The van der Waals surface area contributed by atoms with E-state index in [4.69, 9.17) is 5.73 Å². The molecule has 0 saturated heterocycles. The van der Waals surface area contributed by atoms with Gasteiger partial charge in [-0.3, -0.25) is 0 Å². The highest BCUT2D eigenvalue weighted by Gasteiger charge is 1.87. The van der Waals surface area contributed by atoms with Crippen LogP contribution in [0, 0.1) is 5.82 Å². The van der Waals surface area contributed by atoms with Crippen molar-refractivity contribution < 1.29 is 4.39 Å². The molecular weight excluding hydrogens is 128 g/mol. The molecule has 1 rings (SSSR count). The summed E-state index contributed by atoms with van der Waals surface area (Å²) in [5, 5.41) is 0. The minimum Gasteiger partial charge on any atom is -0.326 e. The second-order valence-corrected chi connectivity index (χ2v) is 1.83. The summed E-state index contributed by atoms with van der Waals surface area (Å²) < 4.78 is 12.2. The van der Waals surface area contributed by atoms with E-state index in [0.29, 0.717) is 6.54 Å². The van der Waals surface area contributed by atoms with Crippen molar-refractivity contribution in [2.24, 2.45) is 5.73 Å². The molecule has 3 radical (unpaired) electrons. The van der Waals surface area contributed by atoms with Crippen LogP contribution in [0.3, 0.4) is 0 Å². The lowest BCUT2D eigenvalue weighted by Crippen LogP contribution is -1.94. The first-order valence-electron chi connectivity index (χ1n) is 2.77. The van der Waals surface area contributed by atoms with Crippen molar-refractivity contribution in [3.63, 3.8) is 0 Å². The summed E-state index contributed by atoms with van der Waals surface area (Å²) in [6, 6.07) is 6.16. The van der Waals surface area contributed by atoms with E-state index >= 15 is 0 Å². The summed E-state index contributed by atoms with van der Waals surface area (Å²) in [7, 11) is 0. The van der Waals surface area contributed by atoms with Crippen molar-refractivity contribution in [1.29, 1.82) is 0 Å². The van der Waals surface area contributed by atoms with Crippen LogP contribution in [-0.4, -0.2) is 8.41 Å². The van der Waals surface area contributed by atoms with Crippen LogP contribution in [0.5, 0.6) is 0 Å². The smallest absolute Gasteiger partial charge is 0.123 e. The van der Waals surface area contributed by atoms with Gasteiger partial charge in [0.15, 0.2) is 0 Å². The summed E-state index contributed by atoms with van der Waals surface area (Å²) in [5.41, 5.74) is 6.23. The Morgan fingerprint density at radius 3 is 2.10 bits per heavy atom. The first kappa shape index (κ1) is 9.17. The Bertz CT molecular complexity index is 185. The SMILES string of the molecule is NCc1ccc(F)cc1.[B]. The summed E-state index contributed by atoms with van der Waals surface area (Å²) in [4.78, 5) is 0. The normalized spacial score (nSPS) is 8.60. The molecule has 0 aliphatic carbocycles. The molecule has 0 aliphatic heterocycles. The fourth-order valence-electron chi connectivity index (χ4n) is 0.620. The fourth-order valence-corrected chi connectivity index (χ4v) is 0.620. The summed E-state index contributed by atoms with van der Waals surface area (Å²) in [5.74, 6) is -0.216. The maximum absolute atomic E-state index is 12.2. The summed E-state index contributed by atoms with van der Waals surface area (Å²) in [6.07, 6.45) is 0. The maximum atomic E-state index is 12.2. The van der Waals surface area contributed by atoms with Crippen LogP contribution in [0.1, 0.15) is 5.56 Å². The number of rotatable bonds is 1. The summed E-state index contributed by atoms with van der Waals surface area (Å²) in [6.45, 7) is 0.472. The van der Waals surface area contributed by atoms with E-state index in [1.54, 1.807) is 12.1 Å². The molecule has 0 aromatic heterocycles. The minimum atomic E-state index is -0.216. The largest absolute Gasteiger partial charge is 0.326 e. The van der Waals surface area contributed by atoms with Crippen molar-refractivity contribution in [2.45, 2.75) is 6.54 Å². The molecule has 0 saturated carbocycles. The van der Waals surface area contributed by atoms with Crippen molar-refractivity contribution in [3.8, 4) is 0 Å². The van der Waals surface area contributed by atoms with Gasteiger partial charge in [0, 0.05) is 15.0 Å². The lowest BCUT2D eigenvalue weighted by atomic mass is 10.2. The Morgan fingerprint density at radius 1 is 1.20 bits per heavy atom. The van der Waals surface area contributed by atoms with Crippen molar-refractivity contribution in [1.82, 2.24) is 0 Å². The molecule has 0 atom stereocenters. The predicted octanol–water partition coefficient (Wildman–Crippen LogP) is 0.904. The molecule has 0 heterocycles. The first-order chi connectivity index (χ1) is 4.33. The highest BCUT2D eigenvalue weighted by Crippen LogP contribution is 2.00. The molecule has 0 amide bonds. The van der Waals surface area contributed by atoms with Crippen LogP contribution < -0.4 is 5.73 Å². The Morgan fingerprint density at radius 2 is 1.70 bits per heavy atom. The zero-order valence-corrected chi connectivity index (χ0v) is 5.55. The number of hydrogen-bond acceptors (Lipinski definition) is 1. The van der Waals surface area contributed by atoms with Crippen LogP contribution >= 0.6 is 0 Å². The van der Waals surface area contributed by atoms with E-state index in [0.717, 1.165) is 5.56 Å². The number of halogens is 1. The van der Waals surface area contributed by atoms with Crippen LogP contribution in [-0.2, 0) is 6.54 Å². The standard InChI is InChI=1S/C7H8FN.B/c8-7-3-1-6(5-9)2-4-7;/h1-4H,5,9H2;. The topological polar surface area (TPSA) is 26.0 Å². The van der Waals surface area contributed by atoms with Crippen LogP contribution in [0.2, 0.25) is 0 Å². The Balaban J connectivity index is 0.000000810. The summed E-state index contributed by atoms with van der Waals surface area (Å²) >= 11 is 0. The number of benzene rings is 1. The quantitative estimate of drug-likeness (QED) is 0.570. The Labute approximate surface area is 61.6 Å². The van der Waals surface area contributed by atoms with Gasteiger partial charge < -0.3 is 5.73 Å². The van der Waals surface area contributed by atoms with E-state index in [1.165, 1.54) is 12.1 Å². The molecule has 0 unspecified atom stereocenters. The van der Waals surface area contributed by atoms with Gasteiger partial charge in [-0.05, 0) is 17.7 Å². The van der Waals surface area contributed by atoms with Gasteiger partial charge in [-0.25, -0.2) is 4.39 Å². The van der Waals surface area contributed by atoms with Crippen molar-refractivity contribution in [3.05, 3.63) is 35.6 Å². The molecule has 3 heteroatoms. The lowest BCUT2D eigenvalue weighted by molar-refractivity contribution is 0.627. The molecule has 0 fully saturated rings. The zero-order chi connectivity index (χ0) is 6.69. The molecule has 0 spiro atoms. The van der Waals surface area contributed by atoms with Crippen LogP contribution in [0.15, 0.2) is 24.3 Å². The number of hydrogen-bond donors (Lipinski definition) is 1. The van der Waals surface area contributed by atoms with Gasteiger partial charge in [-0.1, -0.05) is 12.1 Å². The molecule has 0 bridgehead atoms. The lowest BCUT2D eigenvalue weighted by Gasteiger charge is -1.92. The molecule has 2 N–H and O–H groups in total. The fraction of sp³-hybridized carbons (Fsp3) is 0.143. The van der Waals surface area contributed by atoms with E-state index in [9.17, 15) is 4.39 Å². The molecule has 1 nitrogen and oxygen atoms in total. The predicted molar refractivity (Wildman–Crippen MR) is 40.0 cm³/mol.